The number of nitrogens with one attached hydrogen (secondary N) is 2. The Hall–Kier alpha value is -2.36. The molecule has 2 N–H and O–H groups in total. The van der Waals surface area contributed by atoms with E-state index in [1.807, 2.05) is 0 Å². The molecule has 2 aromatic carbocycles. The third-order valence-electron chi connectivity index (χ3n) is 4.13. The maximum absolute atomic E-state index is 13.6. The Morgan fingerprint density at radius 2 is 1.89 bits per heavy atom. The van der Waals surface area contributed by atoms with Gasteiger partial charge in [-0.15, -0.1) is 0 Å². The van der Waals surface area contributed by atoms with E-state index in [1.165, 1.54) is 24.3 Å². The van der Waals surface area contributed by atoms with Crippen molar-refractivity contribution < 1.29 is 26.7 Å². The third kappa shape index (κ3) is 4.88. The summed E-state index contributed by atoms with van der Waals surface area (Å²) < 4.78 is 58.9. The zero-order valence-electron chi connectivity index (χ0n) is 14.2. The first-order valence-corrected chi connectivity index (χ1v) is 9.81. The van der Waals surface area contributed by atoms with Crippen molar-refractivity contribution in [2.75, 3.05) is 18.5 Å². The van der Waals surface area contributed by atoms with Crippen LogP contribution in [-0.2, 0) is 14.8 Å². The van der Waals surface area contributed by atoms with Gasteiger partial charge in [-0.25, -0.2) is 21.9 Å². The molecule has 6 nitrogen and oxygen atoms in total. The van der Waals surface area contributed by atoms with Gasteiger partial charge in [0.25, 0.3) is 5.91 Å². The molecule has 1 saturated heterocycles. The number of hydrogen-bond acceptors (Lipinski definition) is 4. The molecule has 3 rings (SSSR count). The van der Waals surface area contributed by atoms with Crippen LogP contribution in [-0.4, -0.2) is 33.6 Å². The van der Waals surface area contributed by atoms with E-state index in [-0.39, 0.29) is 28.8 Å². The van der Waals surface area contributed by atoms with Crippen molar-refractivity contribution in [2.45, 2.75) is 23.8 Å². The molecule has 9 heteroatoms. The average molecular weight is 396 g/mol. The molecule has 1 amide bonds. The number of amides is 1. The van der Waals surface area contributed by atoms with E-state index in [0.29, 0.717) is 12.7 Å². The highest BCUT2D eigenvalue weighted by molar-refractivity contribution is 7.89. The molecule has 1 aliphatic heterocycles. The number of carbonyl (C=O) groups is 1. The van der Waals surface area contributed by atoms with Crippen molar-refractivity contribution in [1.82, 2.24) is 4.72 Å². The number of sulfonamides is 1. The molecular weight excluding hydrogens is 378 g/mol. The minimum absolute atomic E-state index is 0.00464. The molecule has 0 bridgehead atoms. The molecule has 27 heavy (non-hydrogen) atoms. The van der Waals surface area contributed by atoms with Gasteiger partial charge in [-0.3, -0.25) is 4.79 Å². The van der Waals surface area contributed by atoms with Crippen LogP contribution in [0.1, 0.15) is 23.2 Å². The molecule has 0 spiro atoms. The highest BCUT2D eigenvalue weighted by Crippen LogP contribution is 2.18. The van der Waals surface area contributed by atoms with Crippen molar-refractivity contribution in [3.63, 3.8) is 0 Å². The highest BCUT2D eigenvalue weighted by atomic mass is 32.2. The van der Waals surface area contributed by atoms with Gasteiger partial charge >= 0.3 is 0 Å². The Morgan fingerprint density at radius 3 is 2.52 bits per heavy atom. The Morgan fingerprint density at radius 1 is 1.15 bits per heavy atom. The summed E-state index contributed by atoms with van der Waals surface area (Å²) in [5.74, 6) is -2.30. The van der Waals surface area contributed by atoms with Crippen molar-refractivity contribution in [2.24, 2.45) is 0 Å². The predicted molar refractivity (Wildman–Crippen MR) is 94.9 cm³/mol. The van der Waals surface area contributed by atoms with E-state index in [9.17, 15) is 22.0 Å². The van der Waals surface area contributed by atoms with Gasteiger partial charge < -0.3 is 10.1 Å². The fourth-order valence-electron chi connectivity index (χ4n) is 2.66. The van der Waals surface area contributed by atoms with Gasteiger partial charge in [0, 0.05) is 24.8 Å². The van der Waals surface area contributed by atoms with Crippen molar-refractivity contribution >= 4 is 21.6 Å². The first-order chi connectivity index (χ1) is 12.8. The molecule has 144 valence electrons. The molecule has 0 aromatic heterocycles. The monoisotopic (exact) mass is 396 g/mol. The lowest BCUT2D eigenvalue weighted by atomic mass is 10.2. The molecule has 1 heterocycles. The molecule has 1 atom stereocenters. The molecule has 0 aliphatic carbocycles. The second kappa shape index (κ2) is 8.12. The van der Waals surface area contributed by atoms with E-state index < -0.39 is 27.6 Å². The quantitative estimate of drug-likeness (QED) is 0.786. The number of anilines is 1. The first-order valence-electron chi connectivity index (χ1n) is 8.33. The smallest absolute Gasteiger partial charge is 0.255 e. The molecule has 1 fully saturated rings. The average Bonchev–Trinajstić information content (AvgIpc) is 3.16. The van der Waals surface area contributed by atoms with Gasteiger partial charge in [0.1, 0.15) is 11.6 Å². The maximum atomic E-state index is 13.6. The van der Waals surface area contributed by atoms with Gasteiger partial charge in [0.05, 0.1) is 16.7 Å². The fourth-order valence-corrected chi connectivity index (χ4v) is 3.73. The molecule has 1 aliphatic rings. The first kappa shape index (κ1) is 19.4. The lowest BCUT2D eigenvalue weighted by Gasteiger charge is -2.12. The predicted octanol–water partition coefficient (Wildman–Crippen LogP) is 2.67. The van der Waals surface area contributed by atoms with E-state index in [2.05, 4.69) is 10.0 Å². The summed E-state index contributed by atoms with van der Waals surface area (Å²) in [5.41, 5.74) is -0.0341. The Labute approximate surface area is 155 Å². The van der Waals surface area contributed by atoms with Crippen LogP contribution in [0, 0.1) is 11.6 Å². The molecule has 0 saturated carbocycles. The standard InChI is InChI=1S/C18H18F2N2O4S/c19-13-5-8-17(16(20)10-13)22-18(23)12-3-6-15(7-4-12)27(24,25)21-11-14-2-1-9-26-14/h3-8,10,14,21H,1-2,9,11H2,(H,22,23)/t14-/m1/s1. The zero-order valence-corrected chi connectivity index (χ0v) is 15.1. The summed E-state index contributed by atoms with van der Waals surface area (Å²) in [7, 11) is -3.72. The summed E-state index contributed by atoms with van der Waals surface area (Å²) in [6.45, 7) is 0.819. The minimum Gasteiger partial charge on any atom is -0.377 e. The zero-order chi connectivity index (χ0) is 19.4. The van der Waals surface area contributed by atoms with Crippen molar-refractivity contribution in [3.05, 3.63) is 59.7 Å². The number of benzene rings is 2. The number of ether oxygens (including phenoxy) is 1. The topological polar surface area (TPSA) is 84.5 Å². The van der Waals surface area contributed by atoms with Gasteiger partial charge in [0.2, 0.25) is 10.0 Å². The number of halogens is 2. The maximum Gasteiger partial charge on any atom is 0.255 e. The Bertz CT molecular complexity index is 927. The van der Waals surface area contributed by atoms with E-state index >= 15 is 0 Å². The van der Waals surface area contributed by atoms with Crippen molar-refractivity contribution in [3.8, 4) is 0 Å². The second-order valence-corrected chi connectivity index (χ2v) is 7.86. The molecule has 0 unspecified atom stereocenters. The summed E-state index contributed by atoms with van der Waals surface area (Å²) in [4.78, 5) is 12.2. The van der Waals surface area contributed by atoms with E-state index in [1.54, 1.807) is 0 Å². The number of carbonyl (C=O) groups excluding carboxylic acids is 1. The summed E-state index contributed by atoms with van der Waals surface area (Å²) in [6.07, 6.45) is 1.59. The lowest BCUT2D eigenvalue weighted by molar-refractivity contribution is 0.102. The molecule has 0 radical (unpaired) electrons. The van der Waals surface area contributed by atoms with Gasteiger partial charge in [-0.05, 0) is 49.2 Å². The summed E-state index contributed by atoms with van der Waals surface area (Å²) >= 11 is 0. The Balaban J connectivity index is 1.65. The number of hydrogen-bond donors (Lipinski definition) is 2. The summed E-state index contributed by atoms with van der Waals surface area (Å²) in [6, 6.07) is 7.99. The second-order valence-electron chi connectivity index (χ2n) is 6.09. The summed E-state index contributed by atoms with van der Waals surface area (Å²) in [5, 5.41) is 2.31. The van der Waals surface area contributed by atoms with Gasteiger partial charge in [0.15, 0.2) is 0 Å². The van der Waals surface area contributed by atoms with Crippen LogP contribution in [0.5, 0.6) is 0 Å². The SMILES string of the molecule is O=C(Nc1ccc(F)cc1F)c1ccc(S(=O)(=O)NC[C@H]2CCCO2)cc1. The van der Waals surface area contributed by atoms with Crippen LogP contribution in [0.4, 0.5) is 14.5 Å². The molecule has 2 aromatic rings. The van der Waals surface area contributed by atoms with Crippen LogP contribution in [0.15, 0.2) is 47.4 Å². The molecular formula is C18H18F2N2O4S. The van der Waals surface area contributed by atoms with Crippen LogP contribution >= 0.6 is 0 Å². The largest absolute Gasteiger partial charge is 0.377 e. The normalized spacial score (nSPS) is 17.0. The Kier molecular flexibility index (Phi) is 5.83. The van der Waals surface area contributed by atoms with Gasteiger partial charge in [-0.1, -0.05) is 0 Å². The van der Waals surface area contributed by atoms with Crippen LogP contribution in [0.2, 0.25) is 0 Å². The van der Waals surface area contributed by atoms with E-state index in [4.69, 9.17) is 4.74 Å². The number of rotatable bonds is 6. The lowest BCUT2D eigenvalue weighted by Crippen LogP contribution is -2.31. The minimum atomic E-state index is -3.72. The third-order valence-corrected chi connectivity index (χ3v) is 5.57. The highest BCUT2D eigenvalue weighted by Gasteiger charge is 2.20. The fraction of sp³-hybridized carbons (Fsp3) is 0.278. The van der Waals surface area contributed by atoms with E-state index in [0.717, 1.165) is 25.0 Å². The van der Waals surface area contributed by atoms with Crippen LogP contribution in [0.25, 0.3) is 0 Å². The van der Waals surface area contributed by atoms with Gasteiger partial charge in [-0.2, -0.15) is 0 Å². The van der Waals surface area contributed by atoms with Crippen LogP contribution in [0.3, 0.4) is 0 Å². The van der Waals surface area contributed by atoms with Crippen LogP contribution < -0.4 is 10.0 Å². The van der Waals surface area contributed by atoms with Crippen molar-refractivity contribution in [1.29, 1.82) is 0 Å².